The number of benzene rings is 3. The van der Waals surface area contributed by atoms with Gasteiger partial charge >= 0.3 is 0 Å². The first-order chi connectivity index (χ1) is 20.8. The van der Waals surface area contributed by atoms with Gasteiger partial charge < -0.3 is 4.48 Å². The van der Waals surface area contributed by atoms with Crippen LogP contribution in [0.1, 0.15) is 126 Å². The van der Waals surface area contributed by atoms with E-state index in [1.54, 1.807) is 0 Å². The van der Waals surface area contributed by atoms with Crippen molar-refractivity contribution < 1.29 is 4.48 Å². The molecule has 0 heterocycles. The minimum absolute atomic E-state index is 1.08. The summed E-state index contributed by atoms with van der Waals surface area (Å²) in [4.78, 5) is 0. The van der Waals surface area contributed by atoms with Crippen molar-refractivity contribution in [2.24, 2.45) is 0 Å². The molecule has 0 aliphatic rings. The minimum atomic E-state index is 1.08. The molecule has 0 unspecified atom stereocenters. The third-order valence-electron chi connectivity index (χ3n) is 8.87. The molecule has 3 aromatic carbocycles. The van der Waals surface area contributed by atoms with E-state index in [2.05, 4.69) is 104 Å². The highest BCUT2D eigenvalue weighted by Gasteiger charge is 2.28. The Morgan fingerprint density at radius 2 is 0.667 bits per heavy atom. The zero-order valence-electron chi connectivity index (χ0n) is 26.7. The van der Waals surface area contributed by atoms with Crippen molar-refractivity contribution in [3.8, 4) is 0 Å². The van der Waals surface area contributed by atoms with Gasteiger partial charge in [0.15, 0.2) is 0 Å². The van der Waals surface area contributed by atoms with Crippen molar-refractivity contribution >= 4 is 0 Å². The van der Waals surface area contributed by atoms with Gasteiger partial charge in [-0.2, -0.15) is 0 Å². The van der Waals surface area contributed by atoms with Crippen LogP contribution in [0.5, 0.6) is 0 Å². The molecule has 0 spiro atoms. The van der Waals surface area contributed by atoms with Crippen LogP contribution in [0, 0.1) is 0 Å². The molecule has 42 heavy (non-hydrogen) atoms. The number of unbranched alkanes of at least 4 members (excludes halogenated alkanes) is 16. The molecule has 3 aromatic rings. The Bertz CT molecular complexity index is 925. The van der Waals surface area contributed by atoms with Gasteiger partial charge in [-0.15, -0.1) is 6.58 Å². The molecule has 228 valence electrons. The van der Waals surface area contributed by atoms with Crippen LogP contribution < -0.4 is 0 Å². The third kappa shape index (κ3) is 15.0. The summed E-state index contributed by atoms with van der Waals surface area (Å²) in [5.74, 6) is 0. The second-order valence-electron chi connectivity index (χ2n) is 12.7. The predicted octanol–water partition coefficient (Wildman–Crippen LogP) is 12.2. The molecular weight excluding hydrogens is 506 g/mol. The van der Waals surface area contributed by atoms with E-state index in [4.69, 9.17) is 0 Å². The normalized spacial score (nSPS) is 11.5. The van der Waals surface area contributed by atoms with Crippen LogP contribution in [0.2, 0.25) is 0 Å². The van der Waals surface area contributed by atoms with E-state index in [1.807, 2.05) is 0 Å². The first-order valence-corrected chi connectivity index (χ1v) is 17.4. The Morgan fingerprint density at radius 3 is 0.976 bits per heavy atom. The number of allylic oxidation sites excluding steroid dienone is 1. The number of rotatable bonds is 25. The molecule has 0 bridgehead atoms. The lowest BCUT2D eigenvalue weighted by Crippen LogP contribution is -2.46. The van der Waals surface area contributed by atoms with Crippen LogP contribution in [0.25, 0.3) is 0 Å². The Kier molecular flexibility index (Phi) is 17.7. The third-order valence-corrected chi connectivity index (χ3v) is 8.87. The van der Waals surface area contributed by atoms with Crippen LogP contribution in [0.3, 0.4) is 0 Å². The van der Waals surface area contributed by atoms with Crippen molar-refractivity contribution in [3.05, 3.63) is 120 Å². The first-order valence-electron chi connectivity index (χ1n) is 17.4. The summed E-state index contributed by atoms with van der Waals surface area (Å²) in [5, 5.41) is 0. The van der Waals surface area contributed by atoms with E-state index in [9.17, 15) is 0 Å². The maximum absolute atomic E-state index is 3.81. The molecule has 0 saturated heterocycles. The van der Waals surface area contributed by atoms with Crippen molar-refractivity contribution in [2.75, 3.05) is 6.54 Å². The van der Waals surface area contributed by atoms with E-state index in [0.717, 1.165) is 24.1 Å². The van der Waals surface area contributed by atoms with E-state index in [-0.39, 0.29) is 0 Å². The first kappa shape index (κ1) is 33.9. The number of hydrogen-bond acceptors (Lipinski definition) is 0. The number of nitrogens with zero attached hydrogens (tertiary/aromatic N) is 1. The predicted molar refractivity (Wildman–Crippen MR) is 184 cm³/mol. The summed E-state index contributed by atoms with van der Waals surface area (Å²) < 4.78 is 1.09. The van der Waals surface area contributed by atoms with Crippen molar-refractivity contribution in [2.45, 2.75) is 129 Å². The SMILES string of the molecule is C=CCCCCCCCCCCCCCCCCCC[N+](Cc1ccccc1)(Cc1ccccc1)Cc1ccccc1. The van der Waals surface area contributed by atoms with Gasteiger partial charge in [-0.25, -0.2) is 0 Å². The molecule has 0 fully saturated rings. The van der Waals surface area contributed by atoms with Crippen molar-refractivity contribution in [3.63, 3.8) is 0 Å². The maximum atomic E-state index is 3.81. The Hall–Kier alpha value is -2.64. The lowest BCUT2D eigenvalue weighted by atomic mass is 10.0. The molecule has 0 N–H and O–H groups in total. The summed E-state index contributed by atoms with van der Waals surface area (Å²) in [6.07, 6.45) is 25.8. The maximum Gasteiger partial charge on any atom is 0.105 e. The van der Waals surface area contributed by atoms with E-state index < -0.39 is 0 Å². The lowest BCUT2D eigenvalue weighted by molar-refractivity contribution is -0.966. The summed E-state index contributed by atoms with van der Waals surface area (Å²) in [5.41, 5.74) is 4.34. The molecule has 0 atom stereocenters. The van der Waals surface area contributed by atoms with Crippen LogP contribution in [0.4, 0.5) is 0 Å². The Balaban J connectivity index is 1.36. The van der Waals surface area contributed by atoms with Gasteiger partial charge in [-0.3, -0.25) is 0 Å². The van der Waals surface area contributed by atoms with Crippen LogP contribution in [0.15, 0.2) is 104 Å². The lowest BCUT2D eigenvalue weighted by Gasteiger charge is -2.39. The molecule has 0 saturated carbocycles. The van der Waals surface area contributed by atoms with Gasteiger partial charge in [0.05, 0.1) is 6.54 Å². The van der Waals surface area contributed by atoms with Crippen molar-refractivity contribution in [1.29, 1.82) is 0 Å². The average molecular weight is 567 g/mol. The fraction of sp³-hybridized carbons (Fsp3) is 0.512. The van der Waals surface area contributed by atoms with Crippen molar-refractivity contribution in [1.82, 2.24) is 0 Å². The molecule has 3 rings (SSSR count). The summed E-state index contributed by atoms with van der Waals surface area (Å²) >= 11 is 0. The largest absolute Gasteiger partial charge is 0.312 e. The topological polar surface area (TPSA) is 0 Å². The molecule has 0 amide bonds. The van der Waals surface area contributed by atoms with Gasteiger partial charge in [0.25, 0.3) is 0 Å². The van der Waals surface area contributed by atoms with Crippen LogP contribution in [-0.4, -0.2) is 11.0 Å². The quantitative estimate of drug-likeness (QED) is 0.0543. The molecule has 1 heteroatoms. The summed E-state index contributed by atoms with van der Waals surface area (Å²) in [6.45, 7) is 8.29. The molecule has 0 radical (unpaired) electrons. The van der Waals surface area contributed by atoms with Gasteiger partial charge in [-0.1, -0.05) is 181 Å². The molecular formula is C41H60N+. The van der Waals surface area contributed by atoms with Gasteiger partial charge in [0.1, 0.15) is 19.6 Å². The zero-order valence-corrected chi connectivity index (χ0v) is 26.7. The van der Waals surface area contributed by atoms with Crippen LogP contribution in [-0.2, 0) is 19.6 Å². The summed E-state index contributed by atoms with van der Waals surface area (Å²) in [7, 11) is 0. The molecule has 1 nitrogen and oxygen atoms in total. The highest BCUT2D eigenvalue weighted by Crippen LogP contribution is 2.26. The zero-order chi connectivity index (χ0) is 29.4. The molecule has 0 aliphatic heterocycles. The van der Waals surface area contributed by atoms with Gasteiger partial charge in [0, 0.05) is 16.7 Å². The summed E-state index contributed by atoms with van der Waals surface area (Å²) in [6, 6.07) is 33.5. The Morgan fingerprint density at radius 1 is 0.381 bits per heavy atom. The van der Waals surface area contributed by atoms with Gasteiger partial charge in [-0.05, 0) is 25.7 Å². The highest BCUT2D eigenvalue weighted by atomic mass is 15.3. The number of hydrogen-bond donors (Lipinski definition) is 0. The fourth-order valence-electron chi connectivity index (χ4n) is 6.53. The average Bonchev–Trinajstić information content (AvgIpc) is 3.02. The van der Waals surface area contributed by atoms with E-state index in [0.29, 0.717) is 0 Å². The molecule has 0 aliphatic carbocycles. The molecule has 0 aromatic heterocycles. The highest BCUT2D eigenvalue weighted by molar-refractivity contribution is 5.17. The monoisotopic (exact) mass is 566 g/mol. The fourth-order valence-corrected chi connectivity index (χ4v) is 6.53. The second kappa shape index (κ2) is 22.0. The second-order valence-corrected chi connectivity index (χ2v) is 12.7. The smallest absolute Gasteiger partial charge is 0.105 e. The van der Waals surface area contributed by atoms with Gasteiger partial charge in [0.2, 0.25) is 0 Å². The standard InChI is InChI=1S/C41H60N/c1-2-3-4-5-6-7-8-9-10-11-12-13-14-15-16-17-18-28-35-42(36-39-29-22-19-23-30-39,37-40-31-24-20-25-32-40)38-41-33-26-21-27-34-41/h2,19-27,29-34H,1,3-18,28,35-38H2/q+1. The minimum Gasteiger partial charge on any atom is -0.312 e. The van der Waals surface area contributed by atoms with Crippen LogP contribution >= 0.6 is 0 Å². The Labute approximate surface area is 259 Å². The number of quaternary nitrogens is 1. The van der Waals surface area contributed by atoms with E-state index in [1.165, 1.54) is 132 Å². The van der Waals surface area contributed by atoms with E-state index >= 15 is 0 Å².